The van der Waals surface area contributed by atoms with Crippen molar-refractivity contribution < 1.29 is 14.7 Å². The fraction of sp³-hybridized carbons (Fsp3) is 0.364. The van der Waals surface area contributed by atoms with Crippen molar-refractivity contribution in [2.24, 2.45) is 5.92 Å². The predicted molar refractivity (Wildman–Crippen MR) is 101 cm³/mol. The summed E-state index contributed by atoms with van der Waals surface area (Å²) in [4.78, 5) is 26.1. The zero-order valence-corrected chi connectivity index (χ0v) is 15.0. The van der Waals surface area contributed by atoms with Crippen LogP contribution in [0, 0.1) is 5.92 Å². The van der Waals surface area contributed by atoms with Crippen LogP contribution in [0.3, 0.4) is 0 Å². The van der Waals surface area contributed by atoms with Gasteiger partial charge in [-0.1, -0.05) is 67.6 Å². The van der Waals surface area contributed by atoms with Gasteiger partial charge in [-0.25, -0.2) is 0 Å². The Kier molecular flexibility index (Phi) is 5.71. The van der Waals surface area contributed by atoms with E-state index in [2.05, 4.69) is 19.1 Å². The summed E-state index contributed by atoms with van der Waals surface area (Å²) in [6.07, 6.45) is 1.22. The zero-order chi connectivity index (χ0) is 18.5. The first-order chi connectivity index (χ1) is 12.6. The number of carboxylic acid groups (broad SMARTS) is 1. The van der Waals surface area contributed by atoms with Gasteiger partial charge >= 0.3 is 5.97 Å². The number of aliphatic carboxylic acids is 1. The Labute approximate surface area is 154 Å². The molecule has 26 heavy (non-hydrogen) atoms. The summed E-state index contributed by atoms with van der Waals surface area (Å²) >= 11 is 0. The molecule has 1 saturated heterocycles. The predicted octanol–water partition coefficient (Wildman–Crippen LogP) is 3.90. The average Bonchev–Trinajstić information content (AvgIpc) is 3.13. The second-order valence-electron chi connectivity index (χ2n) is 7.11. The van der Waals surface area contributed by atoms with E-state index in [0.717, 1.165) is 12.0 Å². The van der Waals surface area contributed by atoms with Crippen molar-refractivity contribution in [3.63, 3.8) is 0 Å². The molecule has 0 aromatic heterocycles. The minimum atomic E-state index is -0.827. The third-order valence-corrected chi connectivity index (χ3v) is 5.38. The Hall–Kier alpha value is -2.62. The summed E-state index contributed by atoms with van der Waals surface area (Å²) in [5.74, 6) is -1.13. The van der Waals surface area contributed by atoms with Crippen molar-refractivity contribution in [1.29, 1.82) is 0 Å². The number of rotatable bonds is 6. The second-order valence-corrected chi connectivity index (χ2v) is 7.11. The molecular formula is C22H25NO3. The molecule has 1 aliphatic heterocycles. The molecule has 1 N–H and O–H groups in total. The van der Waals surface area contributed by atoms with Crippen LogP contribution in [-0.2, 0) is 9.59 Å². The van der Waals surface area contributed by atoms with Gasteiger partial charge in [-0.2, -0.15) is 0 Å². The number of carbonyl (C=O) groups is 2. The SMILES string of the molecule is CC(CCC(=O)N1C[C@H](C(=O)O)[C@H](c2ccccc2)C1)c1ccccc1. The highest BCUT2D eigenvalue weighted by Crippen LogP contribution is 2.33. The first kappa shape index (κ1) is 18.2. The first-order valence-corrected chi connectivity index (χ1v) is 9.16. The highest BCUT2D eigenvalue weighted by atomic mass is 16.4. The maximum Gasteiger partial charge on any atom is 0.308 e. The highest BCUT2D eigenvalue weighted by Gasteiger charge is 2.40. The molecule has 3 atom stereocenters. The van der Waals surface area contributed by atoms with Gasteiger partial charge in [0.05, 0.1) is 5.92 Å². The molecule has 0 saturated carbocycles. The molecule has 4 heteroatoms. The molecule has 1 aliphatic rings. The van der Waals surface area contributed by atoms with Crippen molar-refractivity contribution in [1.82, 2.24) is 4.90 Å². The van der Waals surface area contributed by atoms with Gasteiger partial charge in [0.2, 0.25) is 5.91 Å². The number of carboxylic acids is 1. The molecule has 1 unspecified atom stereocenters. The van der Waals surface area contributed by atoms with E-state index < -0.39 is 11.9 Å². The average molecular weight is 351 g/mol. The normalized spacial score (nSPS) is 20.7. The third-order valence-electron chi connectivity index (χ3n) is 5.38. The van der Waals surface area contributed by atoms with Gasteiger partial charge in [-0.3, -0.25) is 9.59 Å². The fourth-order valence-corrected chi connectivity index (χ4v) is 3.74. The van der Waals surface area contributed by atoms with Crippen LogP contribution in [0.2, 0.25) is 0 Å². The fourth-order valence-electron chi connectivity index (χ4n) is 3.74. The Bertz CT molecular complexity index is 744. The summed E-state index contributed by atoms with van der Waals surface area (Å²) in [6.45, 7) is 2.91. The molecule has 2 aromatic rings. The van der Waals surface area contributed by atoms with Gasteiger partial charge in [0.15, 0.2) is 0 Å². The smallest absolute Gasteiger partial charge is 0.308 e. The Morgan fingerprint density at radius 2 is 1.65 bits per heavy atom. The van der Waals surface area contributed by atoms with Crippen molar-refractivity contribution in [2.45, 2.75) is 31.6 Å². The van der Waals surface area contributed by atoms with Crippen LogP contribution in [0.4, 0.5) is 0 Å². The van der Waals surface area contributed by atoms with Crippen LogP contribution in [0.1, 0.15) is 42.7 Å². The number of carbonyl (C=O) groups excluding carboxylic acids is 1. The van der Waals surface area contributed by atoms with Gasteiger partial charge in [0.1, 0.15) is 0 Å². The summed E-state index contributed by atoms with van der Waals surface area (Å²) in [6, 6.07) is 19.8. The van der Waals surface area contributed by atoms with Crippen LogP contribution < -0.4 is 0 Å². The quantitative estimate of drug-likeness (QED) is 0.859. The molecule has 3 rings (SSSR count). The first-order valence-electron chi connectivity index (χ1n) is 9.16. The molecule has 4 nitrogen and oxygen atoms in total. The lowest BCUT2D eigenvalue weighted by Crippen LogP contribution is -2.29. The minimum absolute atomic E-state index is 0.0532. The van der Waals surface area contributed by atoms with E-state index in [1.54, 1.807) is 4.90 Å². The van der Waals surface area contributed by atoms with Gasteiger partial charge in [-0.15, -0.1) is 0 Å². The Morgan fingerprint density at radius 1 is 1.04 bits per heavy atom. The third kappa shape index (κ3) is 4.13. The number of benzene rings is 2. The van der Waals surface area contributed by atoms with E-state index in [0.29, 0.717) is 25.4 Å². The largest absolute Gasteiger partial charge is 0.481 e. The number of likely N-dealkylation sites (tertiary alicyclic amines) is 1. The number of hydrogen-bond acceptors (Lipinski definition) is 2. The maximum absolute atomic E-state index is 12.7. The zero-order valence-electron chi connectivity index (χ0n) is 15.0. The Morgan fingerprint density at radius 3 is 2.27 bits per heavy atom. The monoisotopic (exact) mass is 351 g/mol. The molecule has 1 fully saturated rings. The van der Waals surface area contributed by atoms with Crippen molar-refractivity contribution in [3.8, 4) is 0 Å². The number of nitrogens with zero attached hydrogens (tertiary/aromatic N) is 1. The lowest BCUT2D eigenvalue weighted by Gasteiger charge is -2.18. The van der Waals surface area contributed by atoms with Gasteiger partial charge in [-0.05, 0) is 23.5 Å². The number of amides is 1. The molecule has 0 radical (unpaired) electrons. The topological polar surface area (TPSA) is 57.6 Å². The van der Waals surface area contributed by atoms with Gasteiger partial charge in [0.25, 0.3) is 0 Å². The van der Waals surface area contributed by atoms with E-state index in [1.807, 2.05) is 48.5 Å². The van der Waals surface area contributed by atoms with Crippen LogP contribution in [0.25, 0.3) is 0 Å². The van der Waals surface area contributed by atoms with Crippen molar-refractivity contribution in [3.05, 3.63) is 71.8 Å². The Balaban J connectivity index is 1.62. The molecule has 136 valence electrons. The van der Waals surface area contributed by atoms with Crippen molar-refractivity contribution in [2.75, 3.05) is 13.1 Å². The highest BCUT2D eigenvalue weighted by molar-refractivity contribution is 5.79. The maximum atomic E-state index is 12.7. The number of hydrogen-bond donors (Lipinski definition) is 1. The lowest BCUT2D eigenvalue weighted by molar-refractivity contribution is -0.141. The van der Waals surface area contributed by atoms with E-state index in [1.165, 1.54) is 5.56 Å². The summed E-state index contributed by atoms with van der Waals surface area (Å²) in [7, 11) is 0. The molecule has 0 aliphatic carbocycles. The molecule has 1 amide bonds. The molecule has 0 bridgehead atoms. The summed E-state index contributed by atoms with van der Waals surface area (Å²) in [5, 5.41) is 9.57. The van der Waals surface area contributed by atoms with Gasteiger partial charge < -0.3 is 10.0 Å². The summed E-state index contributed by atoms with van der Waals surface area (Å²) in [5.41, 5.74) is 2.22. The molecule has 2 aromatic carbocycles. The summed E-state index contributed by atoms with van der Waals surface area (Å²) < 4.78 is 0. The molecular weight excluding hydrogens is 326 g/mol. The van der Waals surface area contributed by atoms with Crippen LogP contribution in [-0.4, -0.2) is 35.0 Å². The molecule has 0 spiro atoms. The second kappa shape index (κ2) is 8.17. The standard InChI is InChI=1S/C22H25NO3/c1-16(17-8-4-2-5-9-17)12-13-21(24)23-14-19(20(15-23)22(25)26)18-10-6-3-7-11-18/h2-11,16,19-20H,12-15H2,1H3,(H,25,26)/t16?,19-,20-/m0/s1. The van der Waals surface area contributed by atoms with E-state index >= 15 is 0 Å². The minimum Gasteiger partial charge on any atom is -0.481 e. The van der Waals surface area contributed by atoms with E-state index in [9.17, 15) is 14.7 Å². The molecule has 1 heterocycles. The van der Waals surface area contributed by atoms with E-state index in [-0.39, 0.29) is 11.8 Å². The van der Waals surface area contributed by atoms with E-state index in [4.69, 9.17) is 0 Å². The van der Waals surface area contributed by atoms with Crippen LogP contribution in [0.15, 0.2) is 60.7 Å². The van der Waals surface area contributed by atoms with Crippen LogP contribution in [0.5, 0.6) is 0 Å². The van der Waals surface area contributed by atoms with Gasteiger partial charge in [0, 0.05) is 25.4 Å². The van der Waals surface area contributed by atoms with Crippen molar-refractivity contribution >= 4 is 11.9 Å². The van der Waals surface area contributed by atoms with Crippen LogP contribution >= 0.6 is 0 Å². The lowest BCUT2D eigenvalue weighted by atomic mass is 9.89.